The van der Waals surface area contributed by atoms with Gasteiger partial charge < -0.3 is 4.90 Å². The second-order valence-electron chi connectivity index (χ2n) is 6.15. The predicted octanol–water partition coefficient (Wildman–Crippen LogP) is 3.92. The van der Waals surface area contributed by atoms with E-state index in [9.17, 15) is 10.1 Å². The van der Waals surface area contributed by atoms with Crippen LogP contribution in [0.3, 0.4) is 0 Å². The number of anilines is 1. The third kappa shape index (κ3) is 3.80. The molecule has 132 valence electrons. The third-order valence-electron chi connectivity index (χ3n) is 4.10. The summed E-state index contributed by atoms with van der Waals surface area (Å²) in [5.74, 6) is 0.657. The summed E-state index contributed by atoms with van der Waals surface area (Å²) >= 11 is 0. The Labute approximate surface area is 151 Å². The fourth-order valence-electron chi connectivity index (χ4n) is 2.55. The molecule has 0 fully saturated rings. The van der Waals surface area contributed by atoms with Crippen LogP contribution in [-0.4, -0.2) is 19.0 Å². The molecule has 3 aromatic rings. The van der Waals surface area contributed by atoms with Crippen LogP contribution in [0.1, 0.15) is 11.3 Å². The molecule has 0 saturated heterocycles. The zero-order valence-corrected chi connectivity index (χ0v) is 14.9. The van der Waals surface area contributed by atoms with Gasteiger partial charge in [-0.25, -0.2) is 4.52 Å². The summed E-state index contributed by atoms with van der Waals surface area (Å²) < 4.78 is 7.40. The Balaban J connectivity index is 1.80. The summed E-state index contributed by atoms with van der Waals surface area (Å²) in [6, 6.07) is 16.5. The van der Waals surface area contributed by atoms with E-state index in [0.29, 0.717) is 5.76 Å². The highest BCUT2D eigenvalue weighted by atomic mass is 16.6. The number of hydrogen-bond donors (Lipinski definition) is 0. The number of rotatable bonds is 5. The van der Waals surface area contributed by atoms with Gasteiger partial charge in [0.05, 0.1) is 11.0 Å². The lowest BCUT2D eigenvalue weighted by Gasteiger charge is -2.11. The van der Waals surface area contributed by atoms with Crippen molar-refractivity contribution in [2.75, 3.05) is 19.0 Å². The molecule has 2 aromatic carbocycles. The van der Waals surface area contributed by atoms with Crippen molar-refractivity contribution < 1.29 is 14.2 Å². The average molecular weight is 350 g/mol. The molecule has 6 nitrogen and oxygen atoms in total. The smallest absolute Gasteiger partial charge is 0.269 e. The summed E-state index contributed by atoms with van der Waals surface area (Å²) in [6.07, 6.45) is 3.99. The van der Waals surface area contributed by atoms with Gasteiger partial charge in [0.2, 0.25) is 5.76 Å². The molecule has 0 N–H and O–H groups in total. The van der Waals surface area contributed by atoms with E-state index in [4.69, 9.17) is 4.52 Å². The van der Waals surface area contributed by atoms with Crippen LogP contribution in [0.15, 0.2) is 59.1 Å². The molecule has 0 amide bonds. The van der Waals surface area contributed by atoms with E-state index in [-0.39, 0.29) is 5.69 Å². The van der Waals surface area contributed by atoms with Gasteiger partial charge in [-0.3, -0.25) is 10.1 Å². The Hall–Kier alpha value is -3.41. The molecule has 0 aliphatic rings. The molecule has 26 heavy (non-hydrogen) atoms. The molecule has 0 atom stereocenters. The highest BCUT2D eigenvalue weighted by Gasteiger charge is 2.15. The van der Waals surface area contributed by atoms with Crippen molar-refractivity contribution in [3.8, 4) is 11.3 Å². The Morgan fingerprint density at radius 2 is 1.69 bits per heavy atom. The second-order valence-corrected chi connectivity index (χ2v) is 6.15. The van der Waals surface area contributed by atoms with Crippen LogP contribution in [0.5, 0.6) is 0 Å². The molecule has 1 heterocycles. The van der Waals surface area contributed by atoms with Gasteiger partial charge in [-0.05, 0) is 40.6 Å². The van der Waals surface area contributed by atoms with Crippen molar-refractivity contribution in [2.45, 2.75) is 0 Å². The molecule has 0 bridgehead atoms. The van der Waals surface area contributed by atoms with Crippen molar-refractivity contribution >= 4 is 23.5 Å². The summed E-state index contributed by atoms with van der Waals surface area (Å²) in [5.41, 5.74) is 3.99. The lowest BCUT2D eigenvalue weighted by atomic mass is 10.1. The van der Waals surface area contributed by atoms with Crippen LogP contribution in [0.2, 0.25) is 0 Å². The van der Waals surface area contributed by atoms with Gasteiger partial charge in [0, 0.05) is 43.6 Å². The summed E-state index contributed by atoms with van der Waals surface area (Å²) in [4.78, 5) is 12.4. The molecule has 0 unspecified atom stereocenters. The molecular formula is C20H20N3O3+. The SMILES string of the molecule is CN(C)c1ccc(/C=C/c2cc(-c3ccc([N+](=O)[O-])cc3)o[n+]2C)cc1. The summed E-state index contributed by atoms with van der Waals surface area (Å²) in [5, 5.41) is 10.8. The first-order chi connectivity index (χ1) is 12.4. The minimum atomic E-state index is -0.415. The molecule has 0 aliphatic carbocycles. The topological polar surface area (TPSA) is 63.4 Å². The molecule has 3 rings (SSSR count). The van der Waals surface area contributed by atoms with Crippen molar-refractivity contribution in [3.05, 3.63) is 76.0 Å². The number of aryl methyl sites for hydroxylation is 1. The first kappa shape index (κ1) is 17.4. The van der Waals surface area contributed by atoms with Crippen molar-refractivity contribution in [3.63, 3.8) is 0 Å². The highest BCUT2D eigenvalue weighted by Crippen LogP contribution is 2.23. The minimum Gasteiger partial charge on any atom is -0.378 e. The van der Waals surface area contributed by atoms with Crippen LogP contribution in [0, 0.1) is 10.1 Å². The van der Waals surface area contributed by atoms with Crippen molar-refractivity contribution in [2.24, 2.45) is 7.05 Å². The van der Waals surface area contributed by atoms with Crippen molar-refractivity contribution in [1.82, 2.24) is 0 Å². The van der Waals surface area contributed by atoms with E-state index >= 15 is 0 Å². The van der Waals surface area contributed by atoms with E-state index in [1.165, 1.54) is 12.1 Å². The highest BCUT2D eigenvalue weighted by molar-refractivity contribution is 5.70. The van der Waals surface area contributed by atoms with E-state index in [0.717, 1.165) is 22.5 Å². The third-order valence-corrected chi connectivity index (χ3v) is 4.10. The Morgan fingerprint density at radius 3 is 2.27 bits per heavy atom. The number of nitro benzene ring substituents is 1. The zero-order chi connectivity index (χ0) is 18.7. The van der Waals surface area contributed by atoms with Crippen LogP contribution in [0.25, 0.3) is 23.5 Å². The Kier molecular flexibility index (Phi) is 4.84. The number of aromatic nitrogens is 1. The first-order valence-electron chi connectivity index (χ1n) is 8.15. The monoisotopic (exact) mass is 350 g/mol. The number of nitrogens with zero attached hydrogens (tertiary/aromatic N) is 3. The maximum Gasteiger partial charge on any atom is 0.269 e. The standard InChI is InChI=1S/C20H20N3O3/c1-21(2)17-9-4-15(5-10-17)6-11-19-14-20(26-22(19)3)16-7-12-18(13-8-16)23(24)25/h4-14H,1-3H3/q+1. The fraction of sp³-hybridized carbons (Fsp3) is 0.150. The second kappa shape index (κ2) is 7.23. The van der Waals surface area contributed by atoms with E-state index in [1.807, 2.05) is 39.4 Å². The van der Waals surface area contributed by atoms with Gasteiger partial charge in [0.1, 0.15) is 0 Å². The van der Waals surface area contributed by atoms with E-state index in [2.05, 4.69) is 29.2 Å². The molecule has 0 radical (unpaired) electrons. The molecule has 0 saturated carbocycles. The van der Waals surface area contributed by atoms with Crippen LogP contribution in [-0.2, 0) is 7.05 Å². The maximum absolute atomic E-state index is 10.8. The van der Waals surface area contributed by atoms with Gasteiger partial charge in [-0.15, -0.1) is 0 Å². The number of hydrogen-bond acceptors (Lipinski definition) is 4. The number of non-ortho nitro benzene ring substituents is 1. The van der Waals surface area contributed by atoms with Crippen LogP contribution in [0.4, 0.5) is 11.4 Å². The van der Waals surface area contributed by atoms with Gasteiger partial charge in [0.15, 0.2) is 7.05 Å². The normalized spacial score (nSPS) is 11.0. The van der Waals surface area contributed by atoms with Crippen LogP contribution < -0.4 is 9.64 Å². The predicted molar refractivity (Wildman–Crippen MR) is 102 cm³/mol. The maximum atomic E-state index is 10.8. The zero-order valence-electron chi connectivity index (χ0n) is 14.9. The molecule has 0 aliphatic heterocycles. The van der Waals surface area contributed by atoms with Gasteiger partial charge >= 0.3 is 0 Å². The van der Waals surface area contributed by atoms with Crippen LogP contribution >= 0.6 is 0 Å². The van der Waals surface area contributed by atoms with E-state index < -0.39 is 4.92 Å². The van der Waals surface area contributed by atoms with Gasteiger partial charge in [-0.1, -0.05) is 12.1 Å². The Morgan fingerprint density at radius 1 is 1.04 bits per heavy atom. The van der Waals surface area contributed by atoms with Gasteiger partial charge in [-0.2, -0.15) is 0 Å². The quantitative estimate of drug-likeness (QED) is 0.397. The first-order valence-corrected chi connectivity index (χ1v) is 8.15. The van der Waals surface area contributed by atoms with Gasteiger partial charge in [0.25, 0.3) is 11.4 Å². The largest absolute Gasteiger partial charge is 0.378 e. The summed E-state index contributed by atoms with van der Waals surface area (Å²) in [7, 11) is 5.84. The lowest BCUT2D eigenvalue weighted by molar-refractivity contribution is -0.844. The number of nitro groups is 1. The average Bonchev–Trinajstić information content (AvgIpc) is 3.01. The molecular weight excluding hydrogens is 330 g/mol. The van der Waals surface area contributed by atoms with Crippen molar-refractivity contribution in [1.29, 1.82) is 0 Å². The molecule has 1 aromatic heterocycles. The fourth-order valence-corrected chi connectivity index (χ4v) is 2.55. The molecule has 0 spiro atoms. The summed E-state index contributed by atoms with van der Waals surface area (Å²) in [6.45, 7) is 0. The Bertz CT molecular complexity index is 939. The molecule has 6 heteroatoms. The lowest BCUT2D eigenvalue weighted by Crippen LogP contribution is -2.27. The van der Waals surface area contributed by atoms with E-state index in [1.54, 1.807) is 16.9 Å². The number of benzene rings is 2. The minimum absolute atomic E-state index is 0.0611.